The van der Waals surface area contributed by atoms with Crippen LogP contribution in [0.4, 0.5) is 13.2 Å². The number of carbonyl (C=O) groups is 1. The van der Waals surface area contributed by atoms with Crippen LogP contribution in [0.25, 0.3) is 10.4 Å². The monoisotopic (exact) mass is 626 g/mol. The molecule has 0 spiro atoms. The van der Waals surface area contributed by atoms with E-state index in [1.807, 2.05) is 0 Å². The summed E-state index contributed by atoms with van der Waals surface area (Å²) < 4.78 is 99.8. The van der Waals surface area contributed by atoms with E-state index in [1.54, 1.807) is 0 Å². The second-order valence-electron chi connectivity index (χ2n) is 9.35. The Balaban J connectivity index is 1.58. The van der Waals surface area contributed by atoms with Crippen LogP contribution in [0, 0.1) is 0 Å². The van der Waals surface area contributed by atoms with Crippen LogP contribution in [-0.4, -0.2) is 88.3 Å². The summed E-state index contributed by atoms with van der Waals surface area (Å²) in [6.45, 7) is -0.537. The second kappa shape index (κ2) is 12.0. The molecule has 2 fully saturated rings. The van der Waals surface area contributed by atoms with E-state index in [4.69, 9.17) is 9.57 Å². The topological polar surface area (TPSA) is 126 Å². The molecular formula is C23H29F3N4O7S3. The Morgan fingerprint density at radius 1 is 1.07 bits per heavy atom. The number of alkyl halides is 3. The molecule has 0 radical (unpaired) electrons. The number of hydroxylamine groups is 1. The zero-order valence-corrected chi connectivity index (χ0v) is 24.1. The lowest BCUT2D eigenvalue weighted by atomic mass is 10.1. The van der Waals surface area contributed by atoms with Crippen molar-refractivity contribution in [3.8, 4) is 10.4 Å². The number of hydrogen-bond donors (Lipinski definition) is 1. The molecule has 2 aromatic rings. The maximum Gasteiger partial charge on any atom is 0.416 e. The van der Waals surface area contributed by atoms with Gasteiger partial charge in [0.2, 0.25) is 0 Å². The molecule has 0 aliphatic carbocycles. The third-order valence-corrected chi connectivity index (χ3v) is 11.9. The maximum absolute atomic E-state index is 13.7. The van der Waals surface area contributed by atoms with Crippen LogP contribution < -0.4 is 5.48 Å². The van der Waals surface area contributed by atoms with Gasteiger partial charge in [-0.2, -0.15) is 34.5 Å². The normalized spacial score (nSPS) is 21.9. The Bertz CT molecular complexity index is 1410. The lowest BCUT2D eigenvalue weighted by molar-refractivity contribution is -0.202. The largest absolute Gasteiger partial charge is 0.416 e. The lowest BCUT2D eigenvalue weighted by Crippen LogP contribution is -2.62. The van der Waals surface area contributed by atoms with Crippen LogP contribution in [-0.2, 0) is 40.8 Å². The molecule has 11 nitrogen and oxygen atoms in total. The van der Waals surface area contributed by atoms with E-state index in [1.165, 1.54) is 38.4 Å². The predicted molar refractivity (Wildman–Crippen MR) is 139 cm³/mol. The molecule has 4 rings (SSSR count). The Hall–Kier alpha value is -2.12. The van der Waals surface area contributed by atoms with Crippen molar-refractivity contribution in [1.29, 1.82) is 0 Å². The molecule has 2 aliphatic heterocycles. The first kappa shape index (κ1) is 30.8. The van der Waals surface area contributed by atoms with Gasteiger partial charge in [0.25, 0.3) is 26.1 Å². The van der Waals surface area contributed by atoms with E-state index in [-0.39, 0.29) is 17.3 Å². The summed E-state index contributed by atoms with van der Waals surface area (Å²) in [5.41, 5.74) is 1.78. The van der Waals surface area contributed by atoms with E-state index < -0.39 is 56.8 Å². The first-order valence-corrected chi connectivity index (χ1v) is 15.9. The van der Waals surface area contributed by atoms with Crippen molar-refractivity contribution in [2.45, 2.75) is 42.0 Å². The number of amides is 1. The van der Waals surface area contributed by atoms with E-state index in [9.17, 15) is 34.8 Å². The number of halogens is 3. The third kappa shape index (κ3) is 6.67. The molecule has 1 N–H and O–H groups in total. The number of hydrogen-bond acceptors (Lipinski definition) is 8. The summed E-state index contributed by atoms with van der Waals surface area (Å²) in [7, 11) is -5.63. The van der Waals surface area contributed by atoms with E-state index >= 15 is 0 Å². The van der Waals surface area contributed by atoms with Crippen LogP contribution in [0.3, 0.4) is 0 Å². The van der Waals surface area contributed by atoms with Crippen LogP contribution in [0.15, 0.2) is 40.6 Å². The summed E-state index contributed by atoms with van der Waals surface area (Å²) in [6, 6.07) is 5.61. The third-order valence-electron chi connectivity index (χ3n) is 6.45. The summed E-state index contributed by atoms with van der Waals surface area (Å²) in [4.78, 5) is 18.9. The van der Waals surface area contributed by atoms with Crippen molar-refractivity contribution < 1.29 is 44.4 Å². The molecule has 1 unspecified atom stereocenters. The fourth-order valence-corrected chi connectivity index (χ4v) is 8.35. The summed E-state index contributed by atoms with van der Waals surface area (Å²) in [6.07, 6.45) is -3.03. The minimum absolute atomic E-state index is 0.152. The van der Waals surface area contributed by atoms with Gasteiger partial charge < -0.3 is 4.74 Å². The molecule has 0 bridgehead atoms. The van der Waals surface area contributed by atoms with Crippen molar-refractivity contribution in [3.05, 3.63) is 42.0 Å². The molecule has 3 heterocycles. The highest BCUT2D eigenvalue weighted by Gasteiger charge is 2.44. The highest BCUT2D eigenvalue weighted by molar-refractivity contribution is 7.91. The molecule has 0 saturated carbocycles. The van der Waals surface area contributed by atoms with Crippen molar-refractivity contribution in [3.63, 3.8) is 0 Å². The SMILES string of the molecule is CN(C)S(=O)(=O)N1CCN(S(=O)(=O)c2ccc(-c3ccc(C(F)(F)F)cc3)s2)[C@@H](C(=O)NOC2CCCCO2)C1. The Morgan fingerprint density at radius 3 is 2.38 bits per heavy atom. The van der Waals surface area contributed by atoms with Crippen LogP contribution in [0.1, 0.15) is 24.8 Å². The minimum Gasteiger partial charge on any atom is -0.350 e. The van der Waals surface area contributed by atoms with Crippen LogP contribution >= 0.6 is 11.3 Å². The average Bonchev–Trinajstić information content (AvgIpc) is 3.43. The Morgan fingerprint density at radius 2 is 1.77 bits per heavy atom. The second-order valence-corrected chi connectivity index (χ2v) is 14.7. The van der Waals surface area contributed by atoms with Gasteiger partial charge >= 0.3 is 6.18 Å². The molecule has 1 aromatic heterocycles. The molecule has 2 aliphatic rings. The van der Waals surface area contributed by atoms with Crippen molar-refractivity contribution >= 4 is 37.5 Å². The Labute approximate surface area is 234 Å². The predicted octanol–water partition coefficient (Wildman–Crippen LogP) is 2.49. The number of nitrogens with one attached hydrogen (secondary N) is 1. The molecular weight excluding hydrogens is 597 g/mol. The van der Waals surface area contributed by atoms with Gasteiger partial charge in [-0.1, -0.05) is 12.1 Å². The first-order chi connectivity index (χ1) is 18.7. The molecule has 40 heavy (non-hydrogen) atoms. The highest BCUT2D eigenvalue weighted by Crippen LogP contribution is 2.36. The standard InChI is InChI=1S/C23H29F3N4O7S3/c1-28(2)40(34,35)29-12-13-30(18(15-29)22(31)27-37-20-5-3-4-14-36-20)39(32,33)21-11-10-19(38-21)16-6-8-17(9-7-16)23(24,25)26/h6-11,18,20H,3-5,12-15H2,1-2H3,(H,27,31)/t18-,20?/m1/s1. The summed E-state index contributed by atoms with van der Waals surface area (Å²) in [5.74, 6) is -0.865. The smallest absolute Gasteiger partial charge is 0.350 e. The molecule has 222 valence electrons. The van der Waals surface area contributed by atoms with Crippen molar-refractivity contribution in [1.82, 2.24) is 18.4 Å². The van der Waals surface area contributed by atoms with Gasteiger partial charge in [-0.3, -0.25) is 4.79 Å². The fraction of sp³-hybridized carbons (Fsp3) is 0.522. The zero-order chi connectivity index (χ0) is 29.3. The number of carbonyl (C=O) groups excluding carboxylic acids is 1. The van der Waals surface area contributed by atoms with Crippen LogP contribution in [0.2, 0.25) is 0 Å². The maximum atomic E-state index is 13.7. The molecule has 2 saturated heterocycles. The van der Waals surface area contributed by atoms with Crippen LogP contribution in [0.5, 0.6) is 0 Å². The number of piperazine rings is 1. The zero-order valence-electron chi connectivity index (χ0n) is 21.6. The quantitative estimate of drug-likeness (QED) is 0.447. The van der Waals surface area contributed by atoms with Gasteiger partial charge in [-0.05, 0) is 42.7 Å². The molecule has 1 amide bonds. The van der Waals surface area contributed by atoms with E-state index in [0.29, 0.717) is 23.5 Å². The minimum atomic E-state index is -4.51. The number of sulfonamides is 1. The lowest BCUT2D eigenvalue weighted by Gasteiger charge is -2.39. The summed E-state index contributed by atoms with van der Waals surface area (Å²) in [5, 5.41) is 0. The van der Waals surface area contributed by atoms with E-state index in [0.717, 1.165) is 49.2 Å². The number of benzene rings is 1. The van der Waals surface area contributed by atoms with Crippen molar-refractivity contribution in [2.24, 2.45) is 0 Å². The fourth-order valence-electron chi connectivity index (χ4n) is 4.23. The van der Waals surface area contributed by atoms with Gasteiger partial charge in [0.05, 0.1) is 5.56 Å². The number of rotatable bonds is 8. The number of ether oxygens (including phenoxy) is 1. The number of nitrogens with zero attached hydrogens (tertiary/aromatic N) is 3. The first-order valence-electron chi connectivity index (χ1n) is 12.3. The van der Waals surface area contributed by atoms with Gasteiger partial charge in [0, 0.05) is 51.6 Å². The molecule has 1 aromatic carbocycles. The average molecular weight is 627 g/mol. The van der Waals surface area contributed by atoms with Gasteiger partial charge in [-0.25, -0.2) is 18.7 Å². The van der Waals surface area contributed by atoms with E-state index in [2.05, 4.69) is 5.48 Å². The molecule has 2 atom stereocenters. The Kier molecular flexibility index (Phi) is 9.26. The highest BCUT2D eigenvalue weighted by atomic mass is 32.2. The van der Waals surface area contributed by atoms with Gasteiger partial charge in [0.15, 0.2) is 6.29 Å². The number of thiophene rings is 1. The van der Waals surface area contributed by atoms with Crippen molar-refractivity contribution in [2.75, 3.05) is 40.3 Å². The molecule has 17 heteroatoms. The van der Waals surface area contributed by atoms with Gasteiger partial charge in [0.1, 0.15) is 10.3 Å². The van der Waals surface area contributed by atoms with Gasteiger partial charge in [-0.15, -0.1) is 11.3 Å². The summed E-state index contributed by atoms with van der Waals surface area (Å²) >= 11 is 0.827.